The Morgan fingerprint density at radius 1 is 0.905 bits per heavy atom. The summed E-state index contributed by atoms with van der Waals surface area (Å²) in [5.41, 5.74) is 2.63. The monoisotopic (exact) mass is 283 g/mol. The third-order valence-corrected chi connectivity index (χ3v) is 3.07. The SMILES string of the molecule is O=C(O)CCc1ccc(NC(=O)Cc2ccccc2)cc1. The maximum absolute atomic E-state index is 11.9. The molecule has 108 valence electrons. The summed E-state index contributed by atoms with van der Waals surface area (Å²) in [6.45, 7) is 0. The molecule has 0 heterocycles. The second-order valence-electron chi connectivity index (χ2n) is 4.80. The fourth-order valence-electron chi connectivity index (χ4n) is 1.99. The minimum Gasteiger partial charge on any atom is -0.481 e. The highest BCUT2D eigenvalue weighted by Gasteiger charge is 2.04. The van der Waals surface area contributed by atoms with Crippen LogP contribution in [-0.2, 0) is 22.4 Å². The lowest BCUT2D eigenvalue weighted by Crippen LogP contribution is -2.14. The third-order valence-electron chi connectivity index (χ3n) is 3.07. The van der Waals surface area contributed by atoms with E-state index in [9.17, 15) is 9.59 Å². The molecule has 0 spiro atoms. The quantitative estimate of drug-likeness (QED) is 0.856. The molecule has 0 saturated carbocycles. The van der Waals surface area contributed by atoms with Crippen LogP contribution in [0.4, 0.5) is 5.69 Å². The maximum Gasteiger partial charge on any atom is 0.303 e. The van der Waals surface area contributed by atoms with E-state index in [1.165, 1.54) is 0 Å². The lowest BCUT2D eigenvalue weighted by Gasteiger charge is -2.06. The zero-order chi connectivity index (χ0) is 15.1. The van der Waals surface area contributed by atoms with Crippen molar-refractivity contribution in [3.63, 3.8) is 0 Å². The molecule has 21 heavy (non-hydrogen) atoms. The number of aliphatic carboxylic acids is 1. The Bertz CT molecular complexity index is 606. The zero-order valence-electron chi connectivity index (χ0n) is 11.6. The van der Waals surface area contributed by atoms with Crippen LogP contribution in [0.1, 0.15) is 17.5 Å². The van der Waals surface area contributed by atoms with Gasteiger partial charge in [-0.25, -0.2) is 0 Å². The number of nitrogens with one attached hydrogen (secondary N) is 1. The van der Waals surface area contributed by atoms with Crippen LogP contribution in [0.2, 0.25) is 0 Å². The molecule has 2 aromatic carbocycles. The molecule has 4 nitrogen and oxygen atoms in total. The van der Waals surface area contributed by atoms with E-state index in [-0.39, 0.29) is 12.3 Å². The van der Waals surface area contributed by atoms with Crippen molar-refractivity contribution in [1.82, 2.24) is 0 Å². The average Bonchev–Trinajstić information content (AvgIpc) is 2.47. The largest absolute Gasteiger partial charge is 0.481 e. The maximum atomic E-state index is 11.9. The van der Waals surface area contributed by atoms with Crippen LogP contribution in [-0.4, -0.2) is 17.0 Å². The Morgan fingerprint density at radius 2 is 1.57 bits per heavy atom. The molecular weight excluding hydrogens is 266 g/mol. The van der Waals surface area contributed by atoms with Crippen molar-refractivity contribution in [3.8, 4) is 0 Å². The van der Waals surface area contributed by atoms with Crippen molar-refractivity contribution >= 4 is 17.6 Å². The van der Waals surface area contributed by atoms with Gasteiger partial charge in [0.05, 0.1) is 6.42 Å². The van der Waals surface area contributed by atoms with Gasteiger partial charge in [-0.1, -0.05) is 42.5 Å². The molecule has 1 amide bonds. The van der Waals surface area contributed by atoms with Crippen molar-refractivity contribution in [3.05, 3.63) is 65.7 Å². The average molecular weight is 283 g/mol. The first-order chi connectivity index (χ1) is 10.1. The number of carboxylic acid groups (broad SMARTS) is 1. The first-order valence-corrected chi connectivity index (χ1v) is 6.78. The number of rotatable bonds is 6. The van der Waals surface area contributed by atoms with Gasteiger partial charge in [0, 0.05) is 12.1 Å². The van der Waals surface area contributed by atoms with Crippen molar-refractivity contribution in [2.24, 2.45) is 0 Å². The number of carbonyl (C=O) groups is 2. The van der Waals surface area contributed by atoms with Crippen LogP contribution in [0.15, 0.2) is 54.6 Å². The third kappa shape index (κ3) is 5.10. The number of carboxylic acids is 1. The predicted octanol–water partition coefficient (Wildman–Crippen LogP) is 2.89. The van der Waals surface area contributed by atoms with Crippen LogP contribution in [0.25, 0.3) is 0 Å². The van der Waals surface area contributed by atoms with E-state index in [1.807, 2.05) is 42.5 Å². The Hall–Kier alpha value is -2.62. The fourth-order valence-corrected chi connectivity index (χ4v) is 1.99. The zero-order valence-corrected chi connectivity index (χ0v) is 11.6. The van der Waals surface area contributed by atoms with Gasteiger partial charge in [0.1, 0.15) is 0 Å². The van der Waals surface area contributed by atoms with E-state index in [2.05, 4.69) is 5.32 Å². The Morgan fingerprint density at radius 3 is 2.19 bits per heavy atom. The molecule has 0 unspecified atom stereocenters. The first kappa shape index (κ1) is 14.8. The van der Waals surface area contributed by atoms with Crippen LogP contribution >= 0.6 is 0 Å². The Labute approximate surface area is 123 Å². The van der Waals surface area contributed by atoms with Gasteiger partial charge < -0.3 is 10.4 Å². The van der Waals surface area contributed by atoms with E-state index < -0.39 is 5.97 Å². The lowest BCUT2D eigenvalue weighted by atomic mass is 10.1. The second kappa shape index (κ2) is 7.24. The fraction of sp³-hybridized carbons (Fsp3) is 0.176. The smallest absolute Gasteiger partial charge is 0.303 e. The van der Waals surface area contributed by atoms with E-state index in [0.717, 1.165) is 16.8 Å². The number of carbonyl (C=O) groups excluding carboxylic acids is 1. The van der Waals surface area contributed by atoms with Crippen molar-refractivity contribution in [2.45, 2.75) is 19.3 Å². The van der Waals surface area contributed by atoms with E-state index >= 15 is 0 Å². The molecule has 0 fully saturated rings. The van der Waals surface area contributed by atoms with Gasteiger partial charge in [-0.15, -0.1) is 0 Å². The van der Waals surface area contributed by atoms with E-state index in [0.29, 0.717) is 12.8 Å². The summed E-state index contributed by atoms with van der Waals surface area (Å²) in [5.74, 6) is -0.880. The number of benzene rings is 2. The van der Waals surface area contributed by atoms with Crippen LogP contribution in [0.5, 0.6) is 0 Å². The summed E-state index contributed by atoms with van der Waals surface area (Å²) >= 11 is 0. The molecule has 0 atom stereocenters. The van der Waals surface area contributed by atoms with Crippen molar-refractivity contribution < 1.29 is 14.7 Å². The van der Waals surface area contributed by atoms with E-state index in [1.54, 1.807) is 12.1 Å². The molecule has 2 rings (SSSR count). The van der Waals surface area contributed by atoms with Crippen molar-refractivity contribution in [2.75, 3.05) is 5.32 Å². The second-order valence-corrected chi connectivity index (χ2v) is 4.80. The Kier molecular flexibility index (Phi) is 5.10. The summed E-state index contributed by atoms with van der Waals surface area (Å²) in [5, 5.41) is 11.5. The normalized spacial score (nSPS) is 10.1. The summed E-state index contributed by atoms with van der Waals surface area (Å²) in [7, 11) is 0. The molecule has 2 aromatic rings. The minimum atomic E-state index is -0.810. The number of aryl methyl sites for hydroxylation is 1. The summed E-state index contributed by atoms with van der Waals surface area (Å²) in [6.07, 6.45) is 0.939. The Balaban J connectivity index is 1.88. The minimum absolute atomic E-state index is 0.0699. The van der Waals surface area contributed by atoms with Gasteiger partial charge in [-0.2, -0.15) is 0 Å². The summed E-state index contributed by atoms with van der Waals surface area (Å²) < 4.78 is 0. The molecule has 0 radical (unpaired) electrons. The highest BCUT2D eigenvalue weighted by Crippen LogP contribution is 2.12. The lowest BCUT2D eigenvalue weighted by molar-refractivity contribution is -0.137. The molecule has 0 saturated heterocycles. The molecule has 0 aliphatic heterocycles. The number of anilines is 1. The van der Waals surface area contributed by atoms with E-state index in [4.69, 9.17) is 5.11 Å². The van der Waals surface area contributed by atoms with Crippen LogP contribution in [0.3, 0.4) is 0 Å². The number of hydrogen-bond acceptors (Lipinski definition) is 2. The highest BCUT2D eigenvalue weighted by atomic mass is 16.4. The van der Waals surface area contributed by atoms with Gasteiger partial charge in [-0.3, -0.25) is 9.59 Å². The molecule has 2 N–H and O–H groups in total. The molecule has 0 aromatic heterocycles. The predicted molar refractivity (Wildman–Crippen MR) is 81.2 cm³/mol. The summed E-state index contributed by atoms with van der Waals surface area (Å²) in [4.78, 5) is 22.4. The summed E-state index contributed by atoms with van der Waals surface area (Å²) in [6, 6.07) is 16.8. The molecule has 0 aliphatic rings. The van der Waals surface area contributed by atoms with Crippen molar-refractivity contribution in [1.29, 1.82) is 0 Å². The number of hydrogen-bond donors (Lipinski definition) is 2. The van der Waals surface area contributed by atoms with Gasteiger partial charge in [0.25, 0.3) is 0 Å². The number of amides is 1. The molecule has 0 aliphatic carbocycles. The van der Waals surface area contributed by atoms with Gasteiger partial charge in [0.2, 0.25) is 5.91 Å². The van der Waals surface area contributed by atoms with Crippen LogP contribution < -0.4 is 5.32 Å². The molecule has 0 bridgehead atoms. The van der Waals surface area contributed by atoms with Crippen LogP contribution in [0, 0.1) is 0 Å². The van der Waals surface area contributed by atoms with Gasteiger partial charge in [-0.05, 0) is 29.7 Å². The topological polar surface area (TPSA) is 66.4 Å². The van der Waals surface area contributed by atoms with Gasteiger partial charge in [0.15, 0.2) is 0 Å². The van der Waals surface area contributed by atoms with Gasteiger partial charge >= 0.3 is 5.97 Å². The highest BCUT2D eigenvalue weighted by molar-refractivity contribution is 5.92. The standard InChI is InChI=1S/C17H17NO3/c19-16(12-14-4-2-1-3-5-14)18-15-9-6-13(7-10-15)8-11-17(20)21/h1-7,9-10H,8,11-12H2,(H,18,19)(H,20,21). The molecular formula is C17H17NO3. The molecule has 4 heteroatoms. The first-order valence-electron chi connectivity index (χ1n) is 6.78.